The molecular weight excluding hydrogens is 388 g/mol. The molecule has 2 N–H and O–H groups in total. The number of rotatable bonds is 3. The van der Waals surface area contributed by atoms with Gasteiger partial charge in [0.2, 0.25) is 6.79 Å². The summed E-state index contributed by atoms with van der Waals surface area (Å²) >= 11 is 3.37. The van der Waals surface area contributed by atoms with Gasteiger partial charge in [0.15, 0.2) is 11.5 Å². The summed E-state index contributed by atoms with van der Waals surface area (Å²) in [6, 6.07) is 10.9. The Morgan fingerprint density at radius 3 is 2.76 bits per heavy atom. The maximum Gasteiger partial charge on any atom is 0.260 e. The zero-order valence-electron chi connectivity index (χ0n) is 13.0. The molecule has 4 rings (SSSR count). The highest BCUT2D eigenvalue weighted by molar-refractivity contribution is 9.10. The molecule has 2 aliphatic rings. The Morgan fingerprint density at radius 2 is 1.88 bits per heavy atom. The van der Waals surface area contributed by atoms with E-state index in [1.165, 1.54) is 0 Å². The Morgan fingerprint density at radius 1 is 1.04 bits per heavy atom. The summed E-state index contributed by atoms with van der Waals surface area (Å²) in [5.74, 6) is 0.627. The van der Waals surface area contributed by atoms with E-state index in [2.05, 4.69) is 26.6 Å². The van der Waals surface area contributed by atoms with Gasteiger partial charge in [0.1, 0.15) is 0 Å². The van der Waals surface area contributed by atoms with E-state index in [9.17, 15) is 9.59 Å². The monoisotopic (exact) mass is 400 g/mol. The van der Waals surface area contributed by atoms with Gasteiger partial charge in [-0.3, -0.25) is 14.9 Å². The normalized spacial score (nSPS) is 16.6. The van der Waals surface area contributed by atoms with Crippen LogP contribution >= 0.6 is 15.9 Å². The standard InChI is InChI=1S/C18H13BrN2O4/c19-11-2-3-12-13(6-11)14(18(23)21-17(12)22)8-20-7-10-1-4-15-16(5-10)25-9-24-15/h1-6,8,20H,7,9H2,(H,21,22,23)/b14-8-. The molecule has 0 unspecified atom stereocenters. The first-order chi connectivity index (χ1) is 12.1. The minimum Gasteiger partial charge on any atom is -0.454 e. The van der Waals surface area contributed by atoms with E-state index >= 15 is 0 Å². The minimum atomic E-state index is -0.422. The Kier molecular flexibility index (Phi) is 3.93. The van der Waals surface area contributed by atoms with Gasteiger partial charge in [0.25, 0.3) is 11.8 Å². The van der Waals surface area contributed by atoms with Crippen molar-refractivity contribution in [3.63, 3.8) is 0 Å². The number of imide groups is 1. The van der Waals surface area contributed by atoms with Crippen molar-refractivity contribution in [1.82, 2.24) is 10.6 Å². The minimum absolute atomic E-state index is 0.232. The number of halogens is 1. The van der Waals surface area contributed by atoms with Crippen LogP contribution in [0.2, 0.25) is 0 Å². The Bertz CT molecular complexity index is 923. The molecule has 0 bridgehead atoms. The predicted octanol–water partition coefficient (Wildman–Crippen LogP) is 2.58. The lowest BCUT2D eigenvalue weighted by Crippen LogP contribution is -2.37. The first-order valence-corrected chi connectivity index (χ1v) is 8.39. The van der Waals surface area contributed by atoms with Crippen LogP contribution in [0.25, 0.3) is 5.57 Å². The van der Waals surface area contributed by atoms with Crippen LogP contribution in [0.15, 0.2) is 47.1 Å². The Labute approximate surface area is 151 Å². The SMILES string of the molecule is O=C1NC(=O)c2ccc(Br)cc2/C1=C/NCc1ccc2c(c1)OCO2. The van der Waals surface area contributed by atoms with E-state index in [1.807, 2.05) is 18.2 Å². The molecule has 6 nitrogen and oxygen atoms in total. The summed E-state index contributed by atoms with van der Waals surface area (Å²) in [6.45, 7) is 0.737. The fourth-order valence-corrected chi connectivity index (χ4v) is 3.12. The highest BCUT2D eigenvalue weighted by Gasteiger charge is 2.27. The molecule has 2 aromatic rings. The molecule has 0 radical (unpaired) electrons. The first kappa shape index (κ1) is 15.7. The highest BCUT2D eigenvalue weighted by atomic mass is 79.9. The number of fused-ring (bicyclic) bond motifs is 2. The molecule has 0 aliphatic carbocycles. The molecule has 0 aromatic heterocycles. The van der Waals surface area contributed by atoms with Gasteiger partial charge >= 0.3 is 0 Å². The number of hydrogen-bond acceptors (Lipinski definition) is 5. The fraction of sp³-hybridized carbons (Fsp3) is 0.111. The third-order valence-electron chi connectivity index (χ3n) is 3.98. The van der Waals surface area contributed by atoms with Crippen LogP contribution in [-0.4, -0.2) is 18.6 Å². The lowest BCUT2D eigenvalue weighted by Gasteiger charge is -2.18. The molecule has 0 saturated heterocycles. The van der Waals surface area contributed by atoms with E-state index in [-0.39, 0.29) is 12.7 Å². The van der Waals surface area contributed by atoms with E-state index < -0.39 is 5.91 Å². The molecular formula is C18H13BrN2O4. The third-order valence-corrected chi connectivity index (χ3v) is 4.47. The molecule has 0 saturated carbocycles. The second kappa shape index (κ2) is 6.25. The Hall–Kier alpha value is -2.80. The van der Waals surface area contributed by atoms with Gasteiger partial charge in [-0.1, -0.05) is 22.0 Å². The van der Waals surface area contributed by atoms with Crippen LogP contribution < -0.4 is 20.1 Å². The van der Waals surface area contributed by atoms with Gasteiger partial charge in [0, 0.05) is 28.3 Å². The van der Waals surface area contributed by atoms with Gasteiger partial charge in [0.05, 0.1) is 5.57 Å². The molecule has 0 atom stereocenters. The fourth-order valence-electron chi connectivity index (χ4n) is 2.76. The van der Waals surface area contributed by atoms with Crippen molar-refractivity contribution < 1.29 is 19.1 Å². The highest BCUT2D eigenvalue weighted by Crippen LogP contribution is 2.32. The Balaban J connectivity index is 1.57. The molecule has 25 heavy (non-hydrogen) atoms. The average Bonchev–Trinajstić information content (AvgIpc) is 3.05. The maximum atomic E-state index is 12.2. The van der Waals surface area contributed by atoms with Crippen LogP contribution in [0.1, 0.15) is 21.5 Å². The van der Waals surface area contributed by atoms with Crippen LogP contribution in [0.5, 0.6) is 11.5 Å². The van der Waals surface area contributed by atoms with E-state index in [4.69, 9.17) is 9.47 Å². The number of ether oxygens (including phenoxy) is 2. The summed E-state index contributed by atoms with van der Waals surface area (Å²) in [7, 11) is 0. The van der Waals surface area contributed by atoms with E-state index in [0.29, 0.717) is 29.0 Å². The second-order valence-corrected chi connectivity index (χ2v) is 6.52. The summed E-state index contributed by atoms with van der Waals surface area (Å²) < 4.78 is 11.4. The zero-order chi connectivity index (χ0) is 17.4. The van der Waals surface area contributed by atoms with E-state index in [0.717, 1.165) is 15.8 Å². The molecule has 7 heteroatoms. The van der Waals surface area contributed by atoms with Gasteiger partial charge in [-0.25, -0.2) is 0 Å². The van der Waals surface area contributed by atoms with Crippen molar-refractivity contribution in [2.75, 3.05) is 6.79 Å². The average molecular weight is 401 g/mol. The summed E-state index contributed by atoms with van der Waals surface area (Å²) in [4.78, 5) is 24.1. The molecule has 2 aliphatic heterocycles. The van der Waals surface area contributed by atoms with Crippen LogP contribution in [0.4, 0.5) is 0 Å². The van der Waals surface area contributed by atoms with Crippen molar-refractivity contribution in [3.05, 3.63) is 63.8 Å². The zero-order valence-corrected chi connectivity index (χ0v) is 14.6. The number of carbonyl (C=O) groups excluding carboxylic acids is 2. The smallest absolute Gasteiger partial charge is 0.260 e. The summed E-state index contributed by atoms with van der Waals surface area (Å²) in [5, 5.41) is 5.47. The summed E-state index contributed by atoms with van der Waals surface area (Å²) in [5.41, 5.74) is 2.47. The van der Waals surface area contributed by atoms with Crippen molar-refractivity contribution in [3.8, 4) is 11.5 Å². The van der Waals surface area contributed by atoms with Crippen molar-refractivity contribution >= 4 is 33.3 Å². The molecule has 126 valence electrons. The van der Waals surface area contributed by atoms with Crippen LogP contribution in [0, 0.1) is 0 Å². The number of benzene rings is 2. The molecule has 2 aromatic carbocycles. The summed E-state index contributed by atoms with van der Waals surface area (Å²) in [6.07, 6.45) is 1.62. The predicted molar refractivity (Wildman–Crippen MR) is 94.0 cm³/mol. The third kappa shape index (κ3) is 2.98. The van der Waals surface area contributed by atoms with Crippen LogP contribution in [0.3, 0.4) is 0 Å². The first-order valence-electron chi connectivity index (χ1n) is 7.59. The number of carbonyl (C=O) groups is 2. The second-order valence-electron chi connectivity index (χ2n) is 5.60. The molecule has 0 spiro atoms. The lowest BCUT2D eigenvalue weighted by molar-refractivity contribution is -0.114. The van der Waals surface area contributed by atoms with Crippen molar-refractivity contribution in [2.45, 2.75) is 6.54 Å². The van der Waals surface area contributed by atoms with E-state index in [1.54, 1.807) is 24.4 Å². The number of nitrogens with one attached hydrogen (secondary N) is 2. The van der Waals surface area contributed by atoms with Crippen LogP contribution in [-0.2, 0) is 11.3 Å². The lowest BCUT2D eigenvalue weighted by atomic mass is 9.95. The van der Waals surface area contributed by atoms with Gasteiger partial charge in [-0.15, -0.1) is 0 Å². The topological polar surface area (TPSA) is 76.7 Å². The largest absolute Gasteiger partial charge is 0.454 e. The maximum absolute atomic E-state index is 12.2. The molecule has 2 heterocycles. The number of hydrogen-bond donors (Lipinski definition) is 2. The quantitative estimate of drug-likeness (QED) is 0.611. The molecule has 0 fully saturated rings. The van der Waals surface area contributed by atoms with Crippen molar-refractivity contribution in [1.29, 1.82) is 0 Å². The number of amides is 2. The van der Waals surface area contributed by atoms with Gasteiger partial charge < -0.3 is 14.8 Å². The van der Waals surface area contributed by atoms with Crippen molar-refractivity contribution in [2.24, 2.45) is 0 Å². The molecule has 2 amide bonds. The van der Waals surface area contributed by atoms with Gasteiger partial charge in [-0.05, 0) is 35.9 Å². The van der Waals surface area contributed by atoms with Gasteiger partial charge in [-0.2, -0.15) is 0 Å².